The van der Waals surface area contributed by atoms with Crippen LogP contribution in [-0.2, 0) is 16.0 Å². The van der Waals surface area contributed by atoms with Crippen LogP contribution in [0.15, 0.2) is 69.4 Å². The molecule has 3 aromatic heterocycles. The van der Waals surface area contributed by atoms with Crippen molar-refractivity contribution in [2.24, 2.45) is 0 Å². The van der Waals surface area contributed by atoms with E-state index in [1.807, 2.05) is 24.3 Å². The van der Waals surface area contributed by atoms with Gasteiger partial charge < -0.3 is 15.0 Å². The topological polar surface area (TPSA) is 106 Å². The number of fused-ring (bicyclic) bond motifs is 2. The lowest BCUT2D eigenvalue weighted by Gasteiger charge is -2.10. The van der Waals surface area contributed by atoms with E-state index in [9.17, 15) is 14.4 Å². The second-order valence-electron chi connectivity index (χ2n) is 7.70. The van der Waals surface area contributed by atoms with Gasteiger partial charge in [0.15, 0.2) is 5.69 Å². The number of benzene rings is 2. The molecular formula is C25H19BrN4O4S. The van der Waals surface area contributed by atoms with Crippen LogP contribution in [0, 0.1) is 0 Å². The number of hydrogen-bond donors (Lipinski definition) is 2. The van der Waals surface area contributed by atoms with Crippen molar-refractivity contribution >= 4 is 65.8 Å². The maximum Gasteiger partial charge on any atom is 0.359 e. The Kier molecular flexibility index (Phi) is 6.23. The van der Waals surface area contributed by atoms with Gasteiger partial charge in [0.05, 0.1) is 24.1 Å². The van der Waals surface area contributed by atoms with Crippen LogP contribution < -0.4 is 10.9 Å². The summed E-state index contributed by atoms with van der Waals surface area (Å²) >= 11 is 4.55. The number of thiophene rings is 1. The molecule has 8 nitrogen and oxygen atoms in total. The third kappa shape index (κ3) is 4.38. The molecule has 0 radical (unpaired) electrons. The first-order valence-electron chi connectivity index (χ1n) is 10.8. The zero-order valence-corrected chi connectivity index (χ0v) is 20.9. The third-order valence-electron chi connectivity index (χ3n) is 5.47. The molecule has 176 valence electrons. The molecule has 0 unspecified atom stereocenters. The molecule has 10 heteroatoms. The molecule has 0 saturated carbocycles. The molecule has 0 saturated heterocycles. The summed E-state index contributed by atoms with van der Waals surface area (Å²) in [5.41, 5.74) is 1.84. The van der Waals surface area contributed by atoms with E-state index in [1.54, 1.807) is 42.8 Å². The van der Waals surface area contributed by atoms with Crippen molar-refractivity contribution in [2.75, 3.05) is 11.9 Å². The standard InChI is InChI=1S/C25H19BrN4O4S/c1-2-34-25(33)22-18-13-35-23(21(18)24(32)30(29-22)16-9-7-15(26)8-10-16)28-20(31)11-14-12-27-19-6-4-3-5-17(14)19/h3-10,12-13,27H,2,11H2,1H3,(H,28,31). The summed E-state index contributed by atoms with van der Waals surface area (Å²) in [5.74, 6) is -0.916. The molecule has 0 aliphatic carbocycles. The fourth-order valence-corrected chi connectivity index (χ4v) is 5.09. The van der Waals surface area contributed by atoms with Crippen LogP contribution in [0.4, 0.5) is 5.00 Å². The number of esters is 1. The van der Waals surface area contributed by atoms with Crippen LogP contribution in [0.2, 0.25) is 0 Å². The lowest BCUT2D eigenvalue weighted by molar-refractivity contribution is -0.115. The number of H-pyrrole nitrogens is 1. The summed E-state index contributed by atoms with van der Waals surface area (Å²) in [4.78, 5) is 42.3. The summed E-state index contributed by atoms with van der Waals surface area (Å²) in [5, 5.41) is 10.7. The molecule has 0 bridgehead atoms. The summed E-state index contributed by atoms with van der Waals surface area (Å²) in [6.45, 7) is 1.86. The number of nitrogens with zero attached hydrogens (tertiary/aromatic N) is 2. The van der Waals surface area contributed by atoms with E-state index in [-0.39, 0.29) is 30.0 Å². The first kappa shape index (κ1) is 23.0. The first-order chi connectivity index (χ1) is 17.0. The van der Waals surface area contributed by atoms with Crippen molar-refractivity contribution < 1.29 is 14.3 Å². The van der Waals surface area contributed by atoms with Crippen molar-refractivity contribution in [1.82, 2.24) is 14.8 Å². The highest BCUT2D eigenvalue weighted by atomic mass is 79.9. The predicted molar refractivity (Wildman–Crippen MR) is 140 cm³/mol. The quantitative estimate of drug-likeness (QED) is 0.288. The van der Waals surface area contributed by atoms with Gasteiger partial charge in [0, 0.05) is 32.3 Å². The highest BCUT2D eigenvalue weighted by molar-refractivity contribution is 9.10. The number of aromatic amines is 1. The zero-order valence-electron chi connectivity index (χ0n) is 18.5. The van der Waals surface area contributed by atoms with Crippen molar-refractivity contribution in [3.63, 3.8) is 0 Å². The lowest BCUT2D eigenvalue weighted by atomic mass is 10.1. The first-order valence-corrected chi connectivity index (χ1v) is 12.5. The molecule has 0 fully saturated rings. The number of nitrogens with one attached hydrogen (secondary N) is 2. The molecule has 1 amide bonds. The van der Waals surface area contributed by atoms with Crippen LogP contribution >= 0.6 is 27.3 Å². The Morgan fingerprint density at radius 2 is 1.91 bits per heavy atom. The number of halogens is 1. The second kappa shape index (κ2) is 9.47. The van der Waals surface area contributed by atoms with Gasteiger partial charge in [-0.3, -0.25) is 9.59 Å². The highest BCUT2D eigenvalue weighted by Gasteiger charge is 2.23. The Morgan fingerprint density at radius 3 is 2.69 bits per heavy atom. The summed E-state index contributed by atoms with van der Waals surface area (Å²) in [6.07, 6.45) is 1.93. The van der Waals surface area contributed by atoms with Gasteiger partial charge in [0.25, 0.3) is 5.56 Å². The second-order valence-corrected chi connectivity index (χ2v) is 9.50. The van der Waals surface area contributed by atoms with E-state index in [1.165, 1.54) is 11.3 Å². The number of anilines is 1. The maximum atomic E-state index is 13.5. The SMILES string of the molecule is CCOC(=O)c1nn(-c2ccc(Br)cc2)c(=O)c2c(NC(=O)Cc3c[nH]c4ccccc34)scc12. The third-order valence-corrected chi connectivity index (χ3v) is 6.90. The van der Waals surface area contributed by atoms with Crippen LogP contribution in [0.1, 0.15) is 23.0 Å². The maximum absolute atomic E-state index is 13.5. The smallest absolute Gasteiger partial charge is 0.359 e. The Bertz CT molecular complexity index is 1640. The summed E-state index contributed by atoms with van der Waals surface area (Å²) in [7, 11) is 0. The number of hydrogen-bond acceptors (Lipinski definition) is 6. The minimum Gasteiger partial charge on any atom is -0.461 e. The molecule has 2 N–H and O–H groups in total. The van der Waals surface area contributed by atoms with Crippen molar-refractivity contribution in [3.8, 4) is 5.69 Å². The van der Waals surface area contributed by atoms with Crippen LogP contribution in [0.5, 0.6) is 0 Å². The molecule has 0 aliphatic heterocycles. The number of aromatic nitrogens is 3. The lowest BCUT2D eigenvalue weighted by Crippen LogP contribution is -2.25. The molecule has 0 atom stereocenters. The highest BCUT2D eigenvalue weighted by Crippen LogP contribution is 2.31. The van der Waals surface area contributed by atoms with Crippen LogP contribution in [0.25, 0.3) is 27.4 Å². The molecule has 5 rings (SSSR count). The van der Waals surface area contributed by atoms with Gasteiger partial charge in [-0.1, -0.05) is 34.1 Å². The van der Waals surface area contributed by atoms with Crippen molar-refractivity contribution in [1.29, 1.82) is 0 Å². The average Bonchev–Trinajstić information content (AvgIpc) is 3.45. The van der Waals surface area contributed by atoms with Crippen LogP contribution in [0.3, 0.4) is 0 Å². The molecule has 3 heterocycles. The van der Waals surface area contributed by atoms with Crippen LogP contribution in [-0.4, -0.2) is 33.2 Å². The van der Waals surface area contributed by atoms with E-state index < -0.39 is 11.5 Å². The molecule has 35 heavy (non-hydrogen) atoms. The van der Waals surface area contributed by atoms with Gasteiger partial charge in [0.1, 0.15) is 5.00 Å². The van der Waals surface area contributed by atoms with E-state index in [0.717, 1.165) is 25.6 Å². The minimum absolute atomic E-state index is 0.0118. The van der Waals surface area contributed by atoms with Gasteiger partial charge in [-0.05, 0) is 42.8 Å². The minimum atomic E-state index is -0.641. The molecule has 2 aromatic carbocycles. The number of rotatable bonds is 6. The Labute approximate surface area is 211 Å². The summed E-state index contributed by atoms with van der Waals surface area (Å²) < 4.78 is 7.17. The molecule has 5 aromatic rings. The van der Waals surface area contributed by atoms with E-state index in [4.69, 9.17) is 4.74 Å². The molecular weight excluding hydrogens is 532 g/mol. The van der Waals surface area contributed by atoms with Gasteiger partial charge in [-0.2, -0.15) is 9.78 Å². The number of amides is 1. The average molecular weight is 551 g/mol. The van der Waals surface area contributed by atoms with Crippen molar-refractivity contribution in [3.05, 3.63) is 86.2 Å². The Morgan fingerprint density at radius 1 is 1.14 bits per heavy atom. The molecule has 0 aliphatic rings. The number of ether oxygens (including phenoxy) is 1. The van der Waals surface area contributed by atoms with E-state index in [0.29, 0.717) is 16.1 Å². The van der Waals surface area contributed by atoms with Crippen molar-refractivity contribution in [2.45, 2.75) is 13.3 Å². The number of carbonyl (C=O) groups is 2. The monoisotopic (exact) mass is 550 g/mol. The predicted octanol–water partition coefficient (Wildman–Crippen LogP) is 5.05. The normalized spacial score (nSPS) is 11.1. The Balaban J connectivity index is 1.56. The fraction of sp³-hybridized carbons (Fsp3) is 0.120. The number of para-hydroxylation sites is 1. The number of carbonyl (C=O) groups excluding carboxylic acids is 2. The van der Waals surface area contributed by atoms with E-state index >= 15 is 0 Å². The van der Waals surface area contributed by atoms with E-state index in [2.05, 4.69) is 31.3 Å². The fourth-order valence-electron chi connectivity index (χ4n) is 3.87. The zero-order chi connectivity index (χ0) is 24.5. The Hall–Kier alpha value is -3.76. The molecule has 0 spiro atoms. The van der Waals surface area contributed by atoms with Gasteiger partial charge in [-0.25, -0.2) is 4.79 Å². The largest absolute Gasteiger partial charge is 0.461 e. The van der Waals surface area contributed by atoms with Gasteiger partial charge in [-0.15, -0.1) is 11.3 Å². The van der Waals surface area contributed by atoms with Gasteiger partial charge >= 0.3 is 5.97 Å². The van der Waals surface area contributed by atoms with Gasteiger partial charge in [0.2, 0.25) is 5.91 Å². The summed E-state index contributed by atoms with van der Waals surface area (Å²) in [6, 6.07) is 14.7.